The Balaban J connectivity index is 2.07. The summed E-state index contributed by atoms with van der Waals surface area (Å²) in [5.74, 6) is -2.16. The Morgan fingerprint density at radius 3 is 2.26 bits per heavy atom. The fourth-order valence-corrected chi connectivity index (χ4v) is 4.19. The number of hydrogen-bond donors (Lipinski definition) is 1. The van der Waals surface area contributed by atoms with Crippen LogP contribution in [0, 0.1) is 6.92 Å². The molecule has 2 amide bonds. The van der Waals surface area contributed by atoms with Crippen LogP contribution in [0.15, 0.2) is 36.6 Å². The van der Waals surface area contributed by atoms with Gasteiger partial charge in [-0.1, -0.05) is 0 Å². The van der Waals surface area contributed by atoms with Crippen LogP contribution in [-0.2, 0) is 0 Å². The minimum absolute atomic E-state index is 0.0186. The van der Waals surface area contributed by atoms with Crippen LogP contribution >= 0.6 is 0 Å². The van der Waals surface area contributed by atoms with E-state index < -0.39 is 67.5 Å². The van der Waals surface area contributed by atoms with Crippen LogP contribution in [0.5, 0.6) is 11.6 Å². The summed E-state index contributed by atoms with van der Waals surface area (Å²) in [7, 11) is 2.52. The van der Waals surface area contributed by atoms with Gasteiger partial charge in [0, 0.05) is 30.9 Å². The number of hydrogen-bond acceptors (Lipinski definition) is 6. The largest absolute Gasteiger partial charge is 0.494 e. The number of urea groups is 1. The van der Waals surface area contributed by atoms with Crippen LogP contribution in [0.2, 0.25) is 0 Å². The first-order chi connectivity index (χ1) is 20.0. The van der Waals surface area contributed by atoms with Crippen LogP contribution in [0.25, 0.3) is 16.9 Å². The summed E-state index contributed by atoms with van der Waals surface area (Å²) in [6.07, 6.45) is -12.3. The Bertz CT molecular complexity index is 1490. The Labute approximate surface area is 238 Å². The van der Waals surface area contributed by atoms with Gasteiger partial charge in [0.2, 0.25) is 5.65 Å². The van der Waals surface area contributed by atoms with Gasteiger partial charge >= 0.3 is 24.5 Å². The summed E-state index contributed by atoms with van der Waals surface area (Å²) >= 11 is 0. The van der Waals surface area contributed by atoms with Crippen LogP contribution in [0.3, 0.4) is 0 Å². The van der Waals surface area contributed by atoms with Gasteiger partial charge in [-0.2, -0.15) is 35.1 Å². The first-order valence-electron chi connectivity index (χ1n) is 12.4. The van der Waals surface area contributed by atoms with E-state index in [1.54, 1.807) is 13.1 Å². The van der Waals surface area contributed by atoms with Crippen molar-refractivity contribution in [1.29, 1.82) is 0 Å². The highest BCUT2D eigenvalue weighted by Crippen LogP contribution is 2.40. The summed E-state index contributed by atoms with van der Waals surface area (Å²) in [4.78, 5) is 25.2. The SMILES string of the molecule is CCN(C(=O)NC(CCC(F)=C(F)F)C(F)(F)F)C(c1cc(-c2cn3cc(C)nc3c(OC)n2)c(OC)cn1)C(F)(F)F. The molecule has 3 rings (SSSR count). The normalized spacial score (nSPS) is 13.4. The van der Waals surface area contributed by atoms with E-state index in [1.807, 2.05) is 0 Å². The first-order valence-corrected chi connectivity index (χ1v) is 12.4. The van der Waals surface area contributed by atoms with E-state index in [0.29, 0.717) is 11.3 Å². The van der Waals surface area contributed by atoms with E-state index in [1.165, 1.54) is 30.1 Å². The zero-order valence-corrected chi connectivity index (χ0v) is 22.9. The van der Waals surface area contributed by atoms with Gasteiger partial charge in [0.05, 0.1) is 37.5 Å². The standard InChI is InChI=1S/C25H25F9N6O3/c1-5-40(23(41)38-18(24(29,30)31)7-6-14(26)20(27)28)19(25(32,33)34)15-8-13(17(42-3)9-35-15)16-11-39-10-12(2)36-21(39)22(37-16)43-4/h8-11,18-19H,5-7H2,1-4H3,(H,38,41). The monoisotopic (exact) mass is 628 g/mol. The van der Waals surface area contributed by atoms with Crippen LogP contribution in [-0.4, -0.2) is 69.4 Å². The molecule has 18 heteroatoms. The molecule has 3 aromatic heterocycles. The number of pyridine rings is 1. The molecular formula is C25H25F9N6O3. The van der Waals surface area contributed by atoms with Crippen LogP contribution in [0.1, 0.15) is 37.2 Å². The molecule has 0 aliphatic rings. The summed E-state index contributed by atoms with van der Waals surface area (Å²) in [6, 6.07) is -6.74. The molecule has 0 bridgehead atoms. The fourth-order valence-electron chi connectivity index (χ4n) is 4.19. The number of nitrogens with zero attached hydrogens (tertiary/aromatic N) is 5. The molecule has 9 nitrogen and oxygen atoms in total. The smallest absolute Gasteiger partial charge is 0.414 e. The summed E-state index contributed by atoms with van der Waals surface area (Å²) < 4.78 is 134. The molecule has 0 spiro atoms. The minimum atomic E-state index is -5.30. The van der Waals surface area contributed by atoms with Crippen molar-refractivity contribution in [3.8, 4) is 22.9 Å². The molecular weight excluding hydrogens is 603 g/mol. The number of ether oxygens (including phenoxy) is 2. The van der Waals surface area contributed by atoms with Crippen molar-refractivity contribution in [2.24, 2.45) is 0 Å². The molecule has 0 saturated carbocycles. The van der Waals surface area contributed by atoms with Crippen molar-refractivity contribution >= 4 is 11.7 Å². The molecule has 1 N–H and O–H groups in total. The Morgan fingerprint density at radius 1 is 1.05 bits per heavy atom. The number of carbonyl (C=O) groups excluding carboxylic acids is 1. The molecule has 0 fully saturated rings. The van der Waals surface area contributed by atoms with E-state index in [4.69, 9.17) is 9.47 Å². The molecule has 236 valence electrons. The number of rotatable bonds is 10. The summed E-state index contributed by atoms with van der Waals surface area (Å²) in [5, 5.41) is 1.37. The van der Waals surface area contributed by atoms with Gasteiger partial charge in [-0.3, -0.25) is 4.98 Å². The summed E-state index contributed by atoms with van der Waals surface area (Å²) in [6.45, 7) is 2.00. The van der Waals surface area contributed by atoms with Gasteiger partial charge in [-0.15, -0.1) is 0 Å². The van der Waals surface area contributed by atoms with Crippen molar-refractivity contribution in [2.75, 3.05) is 20.8 Å². The van der Waals surface area contributed by atoms with Gasteiger partial charge in [0.15, 0.2) is 11.9 Å². The third-order valence-electron chi connectivity index (χ3n) is 6.16. The predicted molar refractivity (Wildman–Crippen MR) is 133 cm³/mol. The second kappa shape index (κ2) is 12.9. The molecule has 43 heavy (non-hydrogen) atoms. The van der Waals surface area contributed by atoms with Crippen LogP contribution < -0.4 is 14.8 Å². The second-order valence-electron chi connectivity index (χ2n) is 9.04. The maximum Gasteiger partial charge on any atom is 0.414 e. The average molecular weight is 628 g/mol. The molecule has 0 aromatic carbocycles. The van der Waals surface area contributed by atoms with Crippen molar-refractivity contribution in [2.45, 2.75) is 51.1 Å². The maximum absolute atomic E-state index is 14.5. The lowest BCUT2D eigenvalue weighted by Crippen LogP contribution is -2.53. The number of alkyl halides is 6. The summed E-state index contributed by atoms with van der Waals surface area (Å²) in [5.41, 5.74) is 0.0893. The quantitative estimate of drug-likeness (QED) is 0.257. The molecule has 3 heterocycles. The molecule has 0 saturated heterocycles. The van der Waals surface area contributed by atoms with E-state index in [2.05, 4.69) is 15.0 Å². The number of fused-ring (bicyclic) bond motifs is 1. The highest BCUT2D eigenvalue weighted by Gasteiger charge is 2.49. The van der Waals surface area contributed by atoms with E-state index in [9.17, 15) is 44.3 Å². The lowest BCUT2D eigenvalue weighted by molar-refractivity contribution is -0.180. The van der Waals surface area contributed by atoms with Crippen molar-refractivity contribution in [3.05, 3.63) is 48.0 Å². The lowest BCUT2D eigenvalue weighted by atomic mass is 10.1. The van der Waals surface area contributed by atoms with Gasteiger partial charge in [0.25, 0.3) is 5.88 Å². The first kappa shape index (κ1) is 33.3. The van der Waals surface area contributed by atoms with Crippen molar-refractivity contribution in [1.82, 2.24) is 29.6 Å². The molecule has 2 atom stereocenters. The second-order valence-corrected chi connectivity index (χ2v) is 9.04. The Hall–Kier alpha value is -4.25. The predicted octanol–water partition coefficient (Wildman–Crippen LogP) is 6.54. The molecule has 0 aliphatic carbocycles. The molecule has 3 aromatic rings. The number of imidazole rings is 1. The van der Waals surface area contributed by atoms with Gasteiger partial charge in [-0.25, -0.2) is 19.2 Å². The number of carbonyl (C=O) groups is 1. The van der Waals surface area contributed by atoms with Crippen molar-refractivity contribution < 1.29 is 53.8 Å². The molecule has 2 unspecified atom stereocenters. The third-order valence-corrected chi connectivity index (χ3v) is 6.16. The highest BCUT2D eigenvalue weighted by atomic mass is 19.4. The number of aryl methyl sites for hydroxylation is 1. The number of aromatic nitrogens is 4. The number of amides is 2. The Morgan fingerprint density at radius 2 is 1.72 bits per heavy atom. The third kappa shape index (κ3) is 7.59. The Kier molecular flexibility index (Phi) is 10.0. The van der Waals surface area contributed by atoms with Gasteiger partial charge < -0.3 is 24.1 Å². The number of methoxy groups -OCH3 is 2. The minimum Gasteiger partial charge on any atom is -0.494 e. The van der Waals surface area contributed by atoms with E-state index in [0.717, 1.165) is 19.2 Å². The molecule has 0 radical (unpaired) electrons. The zero-order valence-electron chi connectivity index (χ0n) is 22.9. The fraction of sp³-hybridized carbons (Fsp3) is 0.440. The lowest BCUT2D eigenvalue weighted by Gasteiger charge is -2.34. The van der Waals surface area contributed by atoms with Gasteiger partial charge in [-0.05, 0) is 26.3 Å². The van der Waals surface area contributed by atoms with Crippen LogP contribution in [0.4, 0.5) is 44.3 Å². The van der Waals surface area contributed by atoms with Gasteiger partial charge in [0.1, 0.15) is 11.8 Å². The maximum atomic E-state index is 14.5. The number of allylic oxidation sites excluding steroid dienone is 1. The van der Waals surface area contributed by atoms with Crippen molar-refractivity contribution in [3.63, 3.8) is 0 Å². The molecule has 0 aliphatic heterocycles. The topological polar surface area (TPSA) is 93.9 Å². The highest BCUT2D eigenvalue weighted by molar-refractivity contribution is 5.76. The number of nitrogens with one attached hydrogen (secondary N) is 1. The average Bonchev–Trinajstić information content (AvgIpc) is 3.31. The van der Waals surface area contributed by atoms with E-state index in [-0.39, 0.29) is 27.8 Å². The number of halogens is 9. The zero-order chi connectivity index (χ0) is 32.3. The van der Waals surface area contributed by atoms with E-state index >= 15 is 0 Å².